The van der Waals surface area contributed by atoms with Crippen molar-refractivity contribution in [1.82, 2.24) is 4.98 Å². The average molecular weight is 201 g/mol. The Kier molecular flexibility index (Phi) is 3.22. The molecule has 0 bridgehead atoms. The molecule has 0 aromatic carbocycles. The van der Waals surface area contributed by atoms with Gasteiger partial charge >= 0.3 is 5.97 Å². The van der Waals surface area contributed by atoms with Gasteiger partial charge in [-0.1, -0.05) is 11.6 Å². The molecule has 1 aromatic rings. The Morgan fingerprint density at radius 3 is 3.00 bits per heavy atom. The number of hydrogen-bond acceptors (Lipinski definition) is 3. The first-order valence-electron chi connectivity index (χ1n) is 3.69. The quantitative estimate of drug-likeness (QED) is 0.753. The Hall–Kier alpha value is -1.13. The van der Waals surface area contributed by atoms with Crippen molar-refractivity contribution in [2.75, 3.05) is 0 Å². The molecule has 1 aromatic heterocycles. The topological polar surface area (TPSA) is 76.2 Å². The molecule has 0 spiro atoms. The van der Waals surface area contributed by atoms with Crippen LogP contribution in [0, 0.1) is 0 Å². The molecular weight excluding hydrogens is 192 g/mol. The fourth-order valence-electron chi connectivity index (χ4n) is 0.864. The van der Waals surface area contributed by atoms with Gasteiger partial charge in [-0.05, 0) is 12.1 Å². The minimum atomic E-state index is -1.05. The highest BCUT2D eigenvalue weighted by atomic mass is 35.5. The number of aliphatic carboxylic acids is 1. The van der Waals surface area contributed by atoms with Gasteiger partial charge in [-0.15, -0.1) is 0 Å². The smallest absolute Gasteiger partial charge is 0.320 e. The van der Waals surface area contributed by atoms with Gasteiger partial charge in [0.1, 0.15) is 6.04 Å². The van der Waals surface area contributed by atoms with E-state index in [1.165, 1.54) is 0 Å². The van der Waals surface area contributed by atoms with E-state index in [9.17, 15) is 4.79 Å². The normalized spacial score (nSPS) is 12.5. The first-order valence-corrected chi connectivity index (χ1v) is 4.07. The van der Waals surface area contributed by atoms with Gasteiger partial charge in [0.25, 0.3) is 0 Å². The molecule has 0 aliphatic heterocycles. The number of pyridine rings is 1. The summed E-state index contributed by atoms with van der Waals surface area (Å²) in [6.45, 7) is 0. The number of carboxylic acids is 1. The Labute approximate surface area is 80.3 Å². The molecule has 13 heavy (non-hydrogen) atoms. The third kappa shape index (κ3) is 2.68. The standard InChI is InChI=1S/C8H9ClN2O2/c9-5-2-1-3-11-7(5)4-6(10)8(12)13/h1-3,6H,4,10H2,(H,12,13). The van der Waals surface area contributed by atoms with Crippen LogP contribution in [-0.4, -0.2) is 22.1 Å². The lowest BCUT2D eigenvalue weighted by Gasteiger charge is -2.06. The third-order valence-electron chi connectivity index (χ3n) is 1.57. The highest BCUT2D eigenvalue weighted by molar-refractivity contribution is 6.31. The van der Waals surface area contributed by atoms with Crippen LogP contribution in [0.5, 0.6) is 0 Å². The number of nitrogens with two attached hydrogens (primary N) is 1. The van der Waals surface area contributed by atoms with Crippen LogP contribution in [0.3, 0.4) is 0 Å². The molecule has 70 valence electrons. The summed E-state index contributed by atoms with van der Waals surface area (Å²) >= 11 is 5.76. The second kappa shape index (κ2) is 4.20. The summed E-state index contributed by atoms with van der Waals surface area (Å²) in [5.41, 5.74) is 5.83. The van der Waals surface area contributed by atoms with Crippen LogP contribution in [0.4, 0.5) is 0 Å². The van der Waals surface area contributed by atoms with Crippen molar-refractivity contribution in [3.63, 3.8) is 0 Å². The van der Waals surface area contributed by atoms with Gasteiger partial charge in [-0.3, -0.25) is 9.78 Å². The van der Waals surface area contributed by atoms with Crippen molar-refractivity contribution in [2.45, 2.75) is 12.5 Å². The summed E-state index contributed by atoms with van der Waals surface area (Å²) in [4.78, 5) is 14.3. The molecule has 5 heteroatoms. The van der Waals surface area contributed by atoms with Gasteiger partial charge in [0.15, 0.2) is 0 Å². The molecule has 0 saturated carbocycles. The highest BCUT2D eigenvalue weighted by Crippen LogP contribution is 2.13. The lowest BCUT2D eigenvalue weighted by atomic mass is 10.1. The lowest BCUT2D eigenvalue weighted by Crippen LogP contribution is -2.32. The summed E-state index contributed by atoms with van der Waals surface area (Å²) in [5, 5.41) is 8.98. The summed E-state index contributed by atoms with van der Waals surface area (Å²) in [5.74, 6) is -1.05. The zero-order chi connectivity index (χ0) is 9.84. The minimum Gasteiger partial charge on any atom is -0.480 e. The first kappa shape index (κ1) is 9.95. The van der Waals surface area contributed by atoms with E-state index in [0.29, 0.717) is 10.7 Å². The number of carbonyl (C=O) groups is 1. The van der Waals surface area contributed by atoms with Crippen molar-refractivity contribution in [2.24, 2.45) is 5.73 Å². The Balaban J connectivity index is 2.74. The van der Waals surface area contributed by atoms with Gasteiger partial charge in [-0.2, -0.15) is 0 Å². The van der Waals surface area contributed by atoms with Crippen LogP contribution in [0.25, 0.3) is 0 Å². The zero-order valence-electron chi connectivity index (χ0n) is 6.77. The maximum Gasteiger partial charge on any atom is 0.320 e. The number of carboxylic acid groups (broad SMARTS) is 1. The van der Waals surface area contributed by atoms with Crippen LogP contribution in [0.2, 0.25) is 5.02 Å². The maximum absolute atomic E-state index is 10.4. The van der Waals surface area contributed by atoms with E-state index in [1.807, 2.05) is 0 Å². The van der Waals surface area contributed by atoms with E-state index >= 15 is 0 Å². The van der Waals surface area contributed by atoms with E-state index in [1.54, 1.807) is 18.3 Å². The average Bonchev–Trinajstić information content (AvgIpc) is 2.08. The minimum absolute atomic E-state index is 0.148. The van der Waals surface area contributed by atoms with Crippen LogP contribution in [0.1, 0.15) is 5.69 Å². The van der Waals surface area contributed by atoms with E-state index in [4.69, 9.17) is 22.4 Å². The largest absolute Gasteiger partial charge is 0.480 e. The van der Waals surface area contributed by atoms with E-state index in [-0.39, 0.29) is 6.42 Å². The number of nitrogens with zero attached hydrogens (tertiary/aromatic N) is 1. The molecule has 1 atom stereocenters. The van der Waals surface area contributed by atoms with Crippen LogP contribution in [-0.2, 0) is 11.2 Å². The molecule has 0 aliphatic carbocycles. The van der Waals surface area contributed by atoms with Crippen molar-refractivity contribution in [1.29, 1.82) is 0 Å². The second-order valence-electron chi connectivity index (χ2n) is 2.58. The molecular formula is C8H9ClN2O2. The molecule has 0 amide bonds. The molecule has 0 fully saturated rings. The predicted molar refractivity (Wildman–Crippen MR) is 48.6 cm³/mol. The SMILES string of the molecule is NC(Cc1ncccc1Cl)C(=O)O. The highest BCUT2D eigenvalue weighted by Gasteiger charge is 2.14. The number of aromatic nitrogens is 1. The zero-order valence-corrected chi connectivity index (χ0v) is 7.53. The van der Waals surface area contributed by atoms with Crippen molar-refractivity contribution >= 4 is 17.6 Å². The van der Waals surface area contributed by atoms with Crippen molar-refractivity contribution < 1.29 is 9.90 Å². The van der Waals surface area contributed by atoms with Gasteiger partial charge in [0, 0.05) is 12.6 Å². The molecule has 0 saturated heterocycles. The number of rotatable bonds is 3. The van der Waals surface area contributed by atoms with Gasteiger partial charge in [-0.25, -0.2) is 0 Å². The molecule has 0 aliphatic rings. The van der Waals surface area contributed by atoms with Gasteiger partial charge < -0.3 is 10.8 Å². The summed E-state index contributed by atoms with van der Waals surface area (Å²) < 4.78 is 0. The van der Waals surface area contributed by atoms with Crippen molar-refractivity contribution in [3.8, 4) is 0 Å². The van der Waals surface area contributed by atoms with Crippen LogP contribution in [0.15, 0.2) is 18.3 Å². The molecule has 1 unspecified atom stereocenters. The van der Waals surface area contributed by atoms with E-state index in [0.717, 1.165) is 0 Å². The third-order valence-corrected chi connectivity index (χ3v) is 1.91. The van der Waals surface area contributed by atoms with Crippen LogP contribution >= 0.6 is 11.6 Å². The summed E-state index contributed by atoms with van der Waals surface area (Å²) in [6.07, 6.45) is 1.70. The predicted octanol–water partition coefficient (Wildman–Crippen LogP) is 0.689. The first-order chi connectivity index (χ1) is 6.11. The Morgan fingerprint density at radius 2 is 2.46 bits per heavy atom. The summed E-state index contributed by atoms with van der Waals surface area (Å²) in [6, 6.07) is 2.38. The van der Waals surface area contributed by atoms with Crippen molar-refractivity contribution in [3.05, 3.63) is 29.0 Å². The van der Waals surface area contributed by atoms with Crippen LogP contribution < -0.4 is 5.73 Å². The second-order valence-corrected chi connectivity index (χ2v) is 2.99. The molecule has 3 N–H and O–H groups in total. The number of hydrogen-bond donors (Lipinski definition) is 2. The summed E-state index contributed by atoms with van der Waals surface area (Å²) in [7, 11) is 0. The maximum atomic E-state index is 10.4. The fraction of sp³-hybridized carbons (Fsp3) is 0.250. The molecule has 1 heterocycles. The van der Waals surface area contributed by atoms with Gasteiger partial charge in [0.05, 0.1) is 10.7 Å². The molecule has 4 nitrogen and oxygen atoms in total. The lowest BCUT2D eigenvalue weighted by molar-refractivity contribution is -0.138. The Morgan fingerprint density at radius 1 is 1.77 bits per heavy atom. The molecule has 0 radical (unpaired) electrons. The van der Waals surface area contributed by atoms with Gasteiger partial charge in [0.2, 0.25) is 0 Å². The Bertz CT molecular complexity index is 317. The monoisotopic (exact) mass is 200 g/mol. The molecule has 1 rings (SSSR count). The van der Waals surface area contributed by atoms with E-state index < -0.39 is 12.0 Å². The fourth-order valence-corrected chi connectivity index (χ4v) is 1.06. The van der Waals surface area contributed by atoms with E-state index in [2.05, 4.69) is 4.98 Å². The number of halogens is 1.